The van der Waals surface area contributed by atoms with E-state index < -0.39 is 0 Å². The van der Waals surface area contributed by atoms with Crippen molar-refractivity contribution in [3.63, 3.8) is 0 Å². The molecular weight excluding hydrogens is 528 g/mol. The van der Waals surface area contributed by atoms with Crippen LogP contribution in [0.2, 0.25) is 0 Å². The van der Waals surface area contributed by atoms with Crippen LogP contribution in [0.4, 0.5) is 11.4 Å². The Balaban J connectivity index is 1.33. The predicted octanol–water partition coefficient (Wildman–Crippen LogP) is 7.16. The van der Waals surface area contributed by atoms with Crippen LogP contribution < -0.4 is 16.0 Å². The van der Waals surface area contributed by atoms with Crippen molar-refractivity contribution in [2.75, 3.05) is 23.7 Å². The summed E-state index contributed by atoms with van der Waals surface area (Å²) >= 11 is 1.58. The highest BCUT2D eigenvalue weighted by atomic mass is 32.1. The molecule has 7 heteroatoms. The molecule has 208 valence electrons. The summed E-state index contributed by atoms with van der Waals surface area (Å²) in [6.07, 6.45) is 3.29. The summed E-state index contributed by atoms with van der Waals surface area (Å²) in [7, 11) is 0. The molecule has 6 rings (SSSR count). The number of hydrogen-bond acceptors (Lipinski definition) is 5. The van der Waals surface area contributed by atoms with Crippen LogP contribution in [0, 0.1) is 0 Å². The number of carbonyl (C=O) groups is 2. The van der Waals surface area contributed by atoms with E-state index >= 15 is 0 Å². The van der Waals surface area contributed by atoms with Gasteiger partial charge in [0.1, 0.15) is 0 Å². The van der Waals surface area contributed by atoms with E-state index in [9.17, 15) is 9.59 Å². The molecule has 2 aliphatic heterocycles. The lowest BCUT2D eigenvalue weighted by Gasteiger charge is -2.18. The van der Waals surface area contributed by atoms with E-state index in [1.54, 1.807) is 17.4 Å². The second-order valence-corrected chi connectivity index (χ2v) is 11.4. The zero-order chi connectivity index (χ0) is 28.2. The fourth-order valence-electron chi connectivity index (χ4n) is 5.68. The smallest absolute Gasteiger partial charge is 0.258 e. The van der Waals surface area contributed by atoms with Crippen molar-refractivity contribution in [2.45, 2.75) is 38.8 Å². The maximum Gasteiger partial charge on any atom is 0.258 e. The molecule has 41 heavy (non-hydrogen) atoms. The molecule has 2 amide bonds. The Labute approximate surface area is 245 Å². The van der Waals surface area contributed by atoms with Crippen LogP contribution in [0.25, 0.3) is 11.3 Å². The van der Waals surface area contributed by atoms with Gasteiger partial charge in [0.15, 0.2) is 0 Å². The summed E-state index contributed by atoms with van der Waals surface area (Å²) in [5, 5.41) is 13.8. The molecule has 1 fully saturated rings. The Hall–Kier alpha value is -4.20. The number of rotatable bonds is 9. The molecule has 3 N–H and O–H groups in total. The molecule has 6 nitrogen and oxygen atoms in total. The van der Waals surface area contributed by atoms with Gasteiger partial charge in [-0.2, -0.15) is 11.3 Å². The number of nitrogens with one attached hydrogen (secondary N) is 3. The third kappa shape index (κ3) is 5.97. The molecule has 1 aromatic heterocycles. The average Bonchev–Trinajstić information content (AvgIpc) is 3.77. The van der Waals surface area contributed by atoms with Gasteiger partial charge >= 0.3 is 0 Å². The van der Waals surface area contributed by atoms with Crippen molar-refractivity contribution in [3.05, 3.63) is 117 Å². The number of fused-ring (bicyclic) bond motifs is 1. The molecule has 0 saturated carbocycles. The summed E-state index contributed by atoms with van der Waals surface area (Å²) < 4.78 is 0. The van der Waals surface area contributed by atoms with E-state index in [2.05, 4.69) is 46.0 Å². The Kier molecular flexibility index (Phi) is 7.98. The Morgan fingerprint density at radius 3 is 2.56 bits per heavy atom. The topological polar surface area (TPSA) is 73.5 Å². The first-order valence-electron chi connectivity index (χ1n) is 14.3. The van der Waals surface area contributed by atoms with Crippen LogP contribution >= 0.6 is 11.3 Å². The van der Waals surface area contributed by atoms with Gasteiger partial charge in [-0.3, -0.25) is 14.5 Å². The highest BCUT2D eigenvalue weighted by Gasteiger charge is 2.30. The van der Waals surface area contributed by atoms with Gasteiger partial charge < -0.3 is 16.0 Å². The van der Waals surface area contributed by atoms with Gasteiger partial charge in [-0.1, -0.05) is 49.4 Å². The minimum Gasteiger partial charge on any atom is -0.354 e. The number of nitrogens with zero attached hydrogens (tertiary/aromatic N) is 1. The lowest BCUT2D eigenvalue weighted by molar-refractivity contribution is -0.110. The van der Waals surface area contributed by atoms with Gasteiger partial charge in [-0.15, -0.1) is 0 Å². The number of amides is 2. The summed E-state index contributed by atoms with van der Waals surface area (Å²) in [5.41, 5.74) is 7.38. The molecule has 0 aliphatic carbocycles. The molecule has 3 aromatic carbocycles. The minimum absolute atomic E-state index is 0.0948. The highest BCUT2D eigenvalue weighted by Crippen LogP contribution is 2.39. The summed E-state index contributed by atoms with van der Waals surface area (Å²) in [6, 6.07) is 25.7. The molecular formula is C34H34N4O2S. The zero-order valence-electron chi connectivity index (χ0n) is 23.2. The normalized spacial score (nSPS) is 16.7. The molecule has 0 radical (unpaired) electrons. The van der Waals surface area contributed by atoms with E-state index in [-0.39, 0.29) is 17.9 Å². The Morgan fingerprint density at radius 2 is 1.80 bits per heavy atom. The quantitative estimate of drug-likeness (QED) is 0.189. The molecule has 0 unspecified atom stereocenters. The van der Waals surface area contributed by atoms with Gasteiger partial charge in [-0.25, -0.2) is 0 Å². The van der Waals surface area contributed by atoms with Crippen molar-refractivity contribution in [1.29, 1.82) is 0 Å². The predicted molar refractivity (Wildman–Crippen MR) is 168 cm³/mol. The maximum atomic E-state index is 13.4. The molecule has 2 aliphatic rings. The maximum absolute atomic E-state index is 13.4. The number of likely N-dealkylation sites (tertiary alicyclic amines) is 1. The van der Waals surface area contributed by atoms with Crippen LogP contribution in [0.5, 0.6) is 0 Å². The first-order chi connectivity index (χ1) is 20.1. The van der Waals surface area contributed by atoms with E-state index in [4.69, 9.17) is 0 Å². The van der Waals surface area contributed by atoms with Crippen molar-refractivity contribution in [3.8, 4) is 0 Å². The van der Waals surface area contributed by atoms with E-state index in [1.807, 2.05) is 65.4 Å². The van der Waals surface area contributed by atoms with Crippen LogP contribution in [-0.4, -0.2) is 29.8 Å². The highest BCUT2D eigenvalue weighted by molar-refractivity contribution is 7.08. The van der Waals surface area contributed by atoms with E-state index in [1.165, 1.54) is 18.4 Å². The number of carbonyl (C=O) groups excluding carboxylic acids is 2. The Bertz CT molecular complexity index is 1570. The van der Waals surface area contributed by atoms with Crippen LogP contribution in [0.1, 0.15) is 64.8 Å². The van der Waals surface area contributed by atoms with Gasteiger partial charge in [-0.05, 0) is 85.3 Å². The standard InChI is InChI=1S/C34H34N4O2S/c1-2-29(24-10-4-3-5-11-24)36-33(39)25-13-14-30-28(20-25)31(34(40)37-30)32(26-15-18-41-22-26)35-27-12-8-9-23(19-27)21-38-16-6-7-17-38/h3-5,8-15,18-20,22,29,35H,2,6-7,16-17,21H2,1H3,(H,36,39)(H,37,40)/t29-/m1/s1. The fourth-order valence-corrected chi connectivity index (χ4v) is 6.33. The van der Waals surface area contributed by atoms with Gasteiger partial charge in [0.05, 0.1) is 17.3 Å². The van der Waals surface area contributed by atoms with Crippen molar-refractivity contribution < 1.29 is 9.59 Å². The van der Waals surface area contributed by atoms with Crippen molar-refractivity contribution in [2.24, 2.45) is 0 Å². The number of benzene rings is 3. The third-order valence-electron chi connectivity index (χ3n) is 7.80. The molecule has 3 heterocycles. The summed E-state index contributed by atoms with van der Waals surface area (Å²) in [6.45, 7) is 5.25. The monoisotopic (exact) mass is 562 g/mol. The molecule has 0 bridgehead atoms. The van der Waals surface area contributed by atoms with Crippen molar-refractivity contribution >= 4 is 45.8 Å². The number of hydrogen-bond donors (Lipinski definition) is 3. The molecule has 1 saturated heterocycles. The zero-order valence-corrected chi connectivity index (χ0v) is 24.0. The number of thiophene rings is 1. The van der Waals surface area contributed by atoms with E-state index in [0.717, 1.165) is 54.1 Å². The molecule has 0 spiro atoms. The van der Waals surface area contributed by atoms with Gasteiger partial charge in [0, 0.05) is 40.0 Å². The first-order valence-corrected chi connectivity index (χ1v) is 15.2. The fraction of sp³-hybridized carbons (Fsp3) is 0.235. The van der Waals surface area contributed by atoms with Gasteiger partial charge in [0.2, 0.25) is 0 Å². The second kappa shape index (κ2) is 12.1. The average molecular weight is 563 g/mol. The van der Waals surface area contributed by atoms with Gasteiger partial charge in [0.25, 0.3) is 11.8 Å². The lowest BCUT2D eigenvalue weighted by atomic mass is 9.98. The number of anilines is 2. The van der Waals surface area contributed by atoms with Crippen LogP contribution in [0.15, 0.2) is 89.6 Å². The summed E-state index contributed by atoms with van der Waals surface area (Å²) in [4.78, 5) is 29.3. The largest absolute Gasteiger partial charge is 0.354 e. The third-order valence-corrected chi connectivity index (χ3v) is 8.49. The second-order valence-electron chi connectivity index (χ2n) is 10.6. The lowest BCUT2D eigenvalue weighted by Crippen LogP contribution is -2.28. The van der Waals surface area contributed by atoms with Crippen LogP contribution in [-0.2, 0) is 11.3 Å². The van der Waals surface area contributed by atoms with Crippen molar-refractivity contribution in [1.82, 2.24) is 10.2 Å². The first kappa shape index (κ1) is 27.0. The molecule has 4 aromatic rings. The van der Waals surface area contributed by atoms with E-state index in [0.29, 0.717) is 16.8 Å². The molecule has 1 atom stereocenters. The SMILES string of the molecule is CC[C@@H](NC(=O)c1ccc2c(c1)C(=C(Nc1cccc(CN3CCCC3)c1)c1ccsc1)C(=O)N2)c1ccccc1. The Morgan fingerprint density at radius 1 is 0.976 bits per heavy atom. The summed E-state index contributed by atoms with van der Waals surface area (Å²) in [5.74, 6) is -0.350. The van der Waals surface area contributed by atoms with Crippen LogP contribution in [0.3, 0.4) is 0 Å². The minimum atomic E-state index is -0.185.